The van der Waals surface area contributed by atoms with Gasteiger partial charge in [0.2, 0.25) is 0 Å². The van der Waals surface area contributed by atoms with Crippen molar-refractivity contribution in [1.82, 2.24) is 0 Å². The number of hydrogen-bond acceptors (Lipinski definition) is 3. The topological polar surface area (TPSA) is 94.8 Å². The standard InChI is InChI=1S/C17H21BrO5/c1-7(2)9-4-5-10(16(20)21)12(9)11-6-8(3)14(18)15(19)13(11)17(22)23/h6-7,9-10,12,19H,4-5H2,1-3H3,(H,20,21)(H,22,23)/t9-,10+,12-/m0/s1. The fraction of sp³-hybridized carbons (Fsp3) is 0.529. The largest absolute Gasteiger partial charge is 0.506 e. The second-order valence-electron chi connectivity index (χ2n) is 6.58. The number of aryl methyl sites for hydroxylation is 1. The minimum absolute atomic E-state index is 0.0779. The van der Waals surface area contributed by atoms with Crippen LogP contribution in [0, 0.1) is 24.7 Å². The van der Waals surface area contributed by atoms with Gasteiger partial charge in [0.1, 0.15) is 11.3 Å². The molecule has 6 heteroatoms. The summed E-state index contributed by atoms with van der Waals surface area (Å²) in [6, 6.07) is 1.70. The van der Waals surface area contributed by atoms with E-state index in [1.165, 1.54) is 0 Å². The van der Waals surface area contributed by atoms with Gasteiger partial charge in [-0.25, -0.2) is 4.79 Å². The summed E-state index contributed by atoms with van der Waals surface area (Å²) in [4.78, 5) is 23.3. The molecule has 3 N–H and O–H groups in total. The minimum Gasteiger partial charge on any atom is -0.506 e. The molecule has 5 nitrogen and oxygen atoms in total. The van der Waals surface area contributed by atoms with Crippen molar-refractivity contribution in [2.45, 2.75) is 39.5 Å². The first-order valence-corrected chi connectivity index (χ1v) is 8.44. The van der Waals surface area contributed by atoms with Gasteiger partial charge in [0, 0.05) is 5.92 Å². The summed E-state index contributed by atoms with van der Waals surface area (Å²) in [5.74, 6) is -3.19. The molecule has 3 atom stereocenters. The van der Waals surface area contributed by atoms with Gasteiger partial charge in [-0.2, -0.15) is 0 Å². The van der Waals surface area contributed by atoms with Gasteiger partial charge in [-0.05, 0) is 58.7 Å². The molecular weight excluding hydrogens is 364 g/mol. The Bertz CT molecular complexity index is 653. The molecule has 0 unspecified atom stereocenters. The summed E-state index contributed by atoms with van der Waals surface area (Å²) in [7, 11) is 0. The van der Waals surface area contributed by atoms with E-state index in [9.17, 15) is 24.9 Å². The van der Waals surface area contributed by atoms with Crippen molar-refractivity contribution < 1.29 is 24.9 Å². The van der Waals surface area contributed by atoms with Crippen LogP contribution in [-0.2, 0) is 4.79 Å². The van der Waals surface area contributed by atoms with E-state index in [0.717, 1.165) is 6.42 Å². The molecule has 1 saturated carbocycles. The summed E-state index contributed by atoms with van der Waals surface area (Å²) in [6.45, 7) is 5.80. The Kier molecular flexibility index (Phi) is 5.04. The average molecular weight is 385 g/mol. The van der Waals surface area contributed by atoms with E-state index in [4.69, 9.17) is 0 Å². The molecule has 1 aromatic rings. The number of benzene rings is 1. The molecule has 1 aromatic carbocycles. The van der Waals surface area contributed by atoms with Gasteiger partial charge in [0.15, 0.2) is 0 Å². The number of carboxylic acids is 2. The van der Waals surface area contributed by atoms with Crippen molar-refractivity contribution >= 4 is 27.9 Å². The maximum absolute atomic E-state index is 11.7. The van der Waals surface area contributed by atoms with Crippen LogP contribution in [0.25, 0.3) is 0 Å². The van der Waals surface area contributed by atoms with E-state index in [2.05, 4.69) is 15.9 Å². The predicted molar refractivity (Wildman–Crippen MR) is 88.9 cm³/mol. The van der Waals surface area contributed by atoms with Gasteiger partial charge in [-0.15, -0.1) is 0 Å². The maximum atomic E-state index is 11.7. The number of carbonyl (C=O) groups is 2. The van der Waals surface area contributed by atoms with E-state index >= 15 is 0 Å². The molecule has 23 heavy (non-hydrogen) atoms. The lowest BCUT2D eigenvalue weighted by Gasteiger charge is -2.28. The number of rotatable bonds is 4. The van der Waals surface area contributed by atoms with Crippen molar-refractivity contribution in [3.05, 3.63) is 27.2 Å². The van der Waals surface area contributed by atoms with E-state index < -0.39 is 23.8 Å². The molecule has 0 aliphatic heterocycles. The lowest BCUT2D eigenvalue weighted by Crippen LogP contribution is -2.25. The van der Waals surface area contributed by atoms with Crippen LogP contribution in [0.15, 0.2) is 10.5 Å². The van der Waals surface area contributed by atoms with Crippen LogP contribution in [0.4, 0.5) is 0 Å². The highest BCUT2D eigenvalue weighted by molar-refractivity contribution is 9.10. The third kappa shape index (κ3) is 3.09. The molecule has 1 aliphatic rings. The van der Waals surface area contributed by atoms with Gasteiger partial charge in [-0.1, -0.05) is 19.9 Å². The van der Waals surface area contributed by atoms with Gasteiger partial charge in [0.25, 0.3) is 0 Å². The molecule has 1 aliphatic carbocycles. The van der Waals surface area contributed by atoms with Crippen molar-refractivity contribution in [3.8, 4) is 5.75 Å². The zero-order valence-corrected chi connectivity index (χ0v) is 14.9. The van der Waals surface area contributed by atoms with Crippen LogP contribution < -0.4 is 0 Å². The molecule has 0 heterocycles. The Morgan fingerprint density at radius 1 is 1.26 bits per heavy atom. The Hall–Kier alpha value is -1.56. The maximum Gasteiger partial charge on any atom is 0.339 e. The molecule has 0 aromatic heterocycles. The summed E-state index contributed by atoms with van der Waals surface area (Å²) in [6.07, 6.45) is 1.27. The molecular formula is C17H21BrO5. The van der Waals surface area contributed by atoms with E-state index in [-0.39, 0.29) is 23.1 Å². The number of aromatic hydroxyl groups is 1. The Morgan fingerprint density at radius 2 is 1.87 bits per heavy atom. The monoisotopic (exact) mass is 384 g/mol. The number of phenols is 1. The molecule has 0 spiro atoms. The van der Waals surface area contributed by atoms with Crippen LogP contribution in [-0.4, -0.2) is 27.3 Å². The van der Waals surface area contributed by atoms with Crippen LogP contribution in [0.3, 0.4) is 0 Å². The number of aromatic carboxylic acids is 1. The normalized spacial score (nSPS) is 24.1. The van der Waals surface area contributed by atoms with Crippen LogP contribution in [0.1, 0.15) is 54.1 Å². The van der Waals surface area contributed by atoms with Gasteiger partial charge in [0.05, 0.1) is 10.4 Å². The first kappa shape index (κ1) is 17.8. The lowest BCUT2D eigenvalue weighted by atomic mass is 9.76. The highest BCUT2D eigenvalue weighted by atomic mass is 79.9. The van der Waals surface area contributed by atoms with E-state index in [1.54, 1.807) is 13.0 Å². The van der Waals surface area contributed by atoms with Crippen molar-refractivity contribution in [2.75, 3.05) is 0 Å². The quantitative estimate of drug-likeness (QED) is 0.728. The Labute approximate surface area is 143 Å². The summed E-state index contributed by atoms with van der Waals surface area (Å²) >= 11 is 3.20. The average Bonchev–Trinajstić information content (AvgIpc) is 2.88. The zero-order chi connectivity index (χ0) is 17.5. The molecule has 1 fully saturated rings. The predicted octanol–water partition coefficient (Wildman–Crippen LogP) is 4.01. The number of aliphatic carboxylic acids is 1. The molecule has 0 bridgehead atoms. The third-order valence-electron chi connectivity index (χ3n) is 4.90. The zero-order valence-electron chi connectivity index (χ0n) is 13.3. The number of carboxylic acid groups (broad SMARTS) is 2. The lowest BCUT2D eigenvalue weighted by molar-refractivity contribution is -0.142. The van der Waals surface area contributed by atoms with Crippen LogP contribution in [0.5, 0.6) is 5.75 Å². The summed E-state index contributed by atoms with van der Waals surface area (Å²) in [5.41, 5.74) is 0.937. The highest BCUT2D eigenvalue weighted by Crippen LogP contribution is 2.50. The summed E-state index contributed by atoms with van der Waals surface area (Å²) in [5, 5.41) is 29.4. The van der Waals surface area contributed by atoms with Gasteiger partial charge >= 0.3 is 11.9 Å². The number of hydrogen-bond donors (Lipinski definition) is 3. The number of halogens is 1. The molecule has 0 amide bonds. The molecule has 0 radical (unpaired) electrons. The van der Waals surface area contributed by atoms with E-state index in [0.29, 0.717) is 22.0 Å². The SMILES string of the molecule is Cc1cc([C@@H]2[C@H](C(=O)O)CC[C@H]2C(C)C)c(C(=O)O)c(O)c1Br. The molecule has 2 rings (SSSR count). The van der Waals surface area contributed by atoms with Crippen molar-refractivity contribution in [1.29, 1.82) is 0 Å². The first-order chi connectivity index (χ1) is 10.7. The van der Waals surface area contributed by atoms with Crippen molar-refractivity contribution in [3.63, 3.8) is 0 Å². The third-order valence-corrected chi connectivity index (χ3v) is 5.90. The molecule has 0 saturated heterocycles. The second-order valence-corrected chi connectivity index (χ2v) is 7.37. The fourth-order valence-corrected chi connectivity index (χ4v) is 4.10. The van der Waals surface area contributed by atoms with Crippen LogP contribution in [0.2, 0.25) is 0 Å². The van der Waals surface area contributed by atoms with Crippen molar-refractivity contribution in [2.24, 2.45) is 17.8 Å². The minimum atomic E-state index is -1.24. The fourth-order valence-electron chi connectivity index (χ4n) is 3.79. The first-order valence-electron chi connectivity index (χ1n) is 7.64. The second kappa shape index (κ2) is 6.51. The van der Waals surface area contributed by atoms with Gasteiger partial charge < -0.3 is 15.3 Å². The van der Waals surface area contributed by atoms with E-state index in [1.807, 2.05) is 13.8 Å². The smallest absolute Gasteiger partial charge is 0.339 e. The Balaban J connectivity index is 2.70. The molecule has 126 valence electrons. The van der Waals surface area contributed by atoms with Crippen LogP contribution >= 0.6 is 15.9 Å². The van der Waals surface area contributed by atoms with Gasteiger partial charge in [-0.3, -0.25) is 4.79 Å². The Morgan fingerprint density at radius 3 is 2.35 bits per heavy atom. The highest BCUT2D eigenvalue weighted by Gasteiger charge is 2.44. The summed E-state index contributed by atoms with van der Waals surface area (Å²) < 4.78 is 0.338.